The Bertz CT molecular complexity index is 1180. The van der Waals surface area contributed by atoms with Crippen molar-refractivity contribution in [1.82, 2.24) is 29.6 Å². The van der Waals surface area contributed by atoms with Gasteiger partial charge in [-0.2, -0.15) is 4.68 Å². The van der Waals surface area contributed by atoms with Gasteiger partial charge in [0.05, 0.1) is 11.4 Å². The van der Waals surface area contributed by atoms with Crippen LogP contribution in [-0.4, -0.2) is 29.6 Å². The second-order valence-corrected chi connectivity index (χ2v) is 7.84. The molecular formula is C21H22N6OS. The van der Waals surface area contributed by atoms with Crippen LogP contribution in [0, 0.1) is 6.92 Å². The standard InChI is InChI=1S/C21H22N6OS/c1-3-4-7-16-8-10-18(11-9-16)27-21(23-24-25-27)29-14-17-13-19(28)26-12-5-6-15(2)20(26)22-17/h5-6,8-13H,3-4,7,14H2,1-2H3. The number of aromatic nitrogens is 6. The Morgan fingerprint density at radius 3 is 2.76 bits per heavy atom. The zero-order chi connectivity index (χ0) is 20.2. The summed E-state index contributed by atoms with van der Waals surface area (Å²) >= 11 is 1.46. The van der Waals surface area contributed by atoms with Gasteiger partial charge in [-0.25, -0.2) is 4.98 Å². The number of hydrogen-bond acceptors (Lipinski definition) is 6. The van der Waals surface area contributed by atoms with Gasteiger partial charge in [0, 0.05) is 18.0 Å². The van der Waals surface area contributed by atoms with Gasteiger partial charge in [-0.05, 0) is 59.5 Å². The summed E-state index contributed by atoms with van der Waals surface area (Å²) in [5.41, 5.74) is 4.49. The lowest BCUT2D eigenvalue weighted by Crippen LogP contribution is -2.15. The van der Waals surface area contributed by atoms with Crippen LogP contribution in [0.5, 0.6) is 0 Å². The molecule has 3 aromatic heterocycles. The van der Waals surface area contributed by atoms with Gasteiger partial charge in [0.2, 0.25) is 5.16 Å². The average Bonchev–Trinajstić information content (AvgIpc) is 3.20. The zero-order valence-electron chi connectivity index (χ0n) is 16.4. The number of tetrazole rings is 1. The van der Waals surface area contributed by atoms with Gasteiger partial charge in [-0.3, -0.25) is 9.20 Å². The van der Waals surface area contributed by atoms with Gasteiger partial charge < -0.3 is 0 Å². The summed E-state index contributed by atoms with van der Waals surface area (Å²) in [7, 11) is 0. The van der Waals surface area contributed by atoms with E-state index >= 15 is 0 Å². The van der Waals surface area contributed by atoms with E-state index in [1.165, 1.54) is 30.2 Å². The summed E-state index contributed by atoms with van der Waals surface area (Å²) in [6.07, 6.45) is 5.18. The fraction of sp³-hybridized carbons (Fsp3) is 0.286. The van der Waals surface area contributed by atoms with Crippen molar-refractivity contribution in [2.24, 2.45) is 0 Å². The van der Waals surface area contributed by atoms with E-state index in [0.717, 1.165) is 17.7 Å². The van der Waals surface area contributed by atoms with Crippen molar-refractivity contribution in [2.45, 2.75) is 44.0 Å². The third-order valence-electron chi connectivity index (χ3n) is 4.73. The summed E-state index contributed by atoms with van der Waals surface area (Å²) in [6.45, 7) is 4.14. The molecule has 0 atom stereocenters. The summed E-state index contributed by atoms with van der Waals surface area (Å²) in [4.78, 5) is 17.0. The van der Waals surface area contributed by atoms with Crippen LogP contribution >= 0.6 is 11.8 Å². The number of fused-ring (bicyclic) bond motifs is 1. The molecule has 0 fully saturated rings. The Morgan fingerprint density at radius 1 is 1.14 bits per heavy atom. The van der Waals surface area contributed by atoms with Crippen LogP contribution in [0.15, 0.2) is 58.6 Å². The molecule has 0 aliphatic heterocycles. The molecule has 29 heavy (non-hydrogen) atoms. The minimum atomic E-state index is -0.0865. The van der Waals surface area contributed by atoms with E-state index in [-0.39, 0.29) is 5.56 Å². The molecule has 7 nitrogen and oxygen atoms in total. The van der Waals surface area contributed by atoms with Crippen LogP contribution in [0.2, 0.25) is 0 Å². The fourth-order valence-corrected chi connectivity index (χ4v) is 3.92. The Labute approximate surface area is 172 Å². The highest BCUT2D eigenvalue weighted by Crippen LogP contribution is 2.22. The third kappa shape index (κ3) is 4.22. The molecule has 0 bridgehead atoms. The van der Waals surface area contributed by atoms with E-state index in [1.54, 1.807) is 21.3 Å². The average molecular weight is 407 g/mol. The topological polar surface area (TPSA) is 78.0 Å². The minimum absolute atomic E-state index is 0.0865. The van der Waals surface area contributed by atoms with Crippen LogP contribution in [0.3, 0.4) is 0 Å². The second kappa shape index (κ2) is 8.57. The smallest absolute Gasteiger partial charge is 0.258 e. The zero-order valence-corrected chi connectivity index (χ0v) is 17.3. The quantitative estimate of drug-likeness (QED) is 0.436. The highest BCUT2D eigenvalue weighted by molar-refractivity contribution is 7.98. The Hall–Kier alpha value is -3.00. The Balaban J connectivity index is 1.53. The summed E-state index contributed by atoms with van der Waals surface area (Å²) in [5, 5.41) is 12.7. The molecule has 0 N–H and O–H groups in total. The second-order valence-electron chi connectivity index (χ2n) is 6.90. The van der Waals surface area contributed by atoms with Crippen LogP contribution < -0.4 is 5.56 Å². The van der Waals surface area contributed by atoms with Gasteiger partial charge in [0.1, 0.15) is 5.65 Å². The van der Waals surface area contributed by atoms with E-state index in [2.05, 4.69) is 39.6 Å². The lowest BCUT2D eigenvalue weighted by molar-refractivity contribution is 0.753. The molecule has 4 rings (SSSR count). The van der Waals surface area contributed by atoms with Crippen LogP contribution in [0.25, 0.3) is 11.3 Å². The van der Waals surface area contributed by atoms with E-state index in [9.17, 15) is 4.79 Å². The third-order valence-corrected chi connectivity index (χ3v) is 5.68. The first-order chi connectivity index (χ1) is 14.2. The van der Waals surface area contributed by atoms with Crippen molar-refractivity contribution in [1.29, 1.82) is 0 Å². The van der Waals surface area contributed by atoms with Crippen molar-refractivity contribution >= 4 is 17.4 Å². The lowest BCUT2D eigenvalue weighted by atomic mass is 10.1. The van der Waals surface area contributed by atoms with Gasteiger partial charge in [-0.1, -0.05) is 43.3 Å². The highest BCUT2D eigenvalue weighted by atomic mass is 32.2. The first-order valence-corrected chi connectivity index (χ1v) is 10.6. The van der Waals surface area contributed by atoms with E-state index in [0.29, 0.717) is 22.3 Å². The molecule has 0 saturated heterocycles. The van der Waals surface area contributed by atoms with Crippen molar-refractivity contribution in [3.63, 3.8) is 0 Å². The molecule has 0 aliphatic carbocycles. The fourth-order valence-electron chi connectivity index (χ4n) is 3.14. The SMILES string of the molecule is CCCCc1ccc(-n2nnnc2SCc2cc(=O)n3cccc(C)c3n2)cc1. The number of benzene rings is 1. The number of thioether (sulfide) groups is 1. The van der Waals surface area contributed by atoms with Crippen molar-refractivity contribution < 1.29 is 0 Å². The molecule has 4 aromatic rings. The van der Waals surface area contributed by atoms with Gasteiger partial charge in [0.25, 0.3) is 5.56 Å². The molecule has 0 radical (unpaired) electrons. The maximum Gasteiger partial charge on any atom is 0.258 e. The molecule has 0 aliphatic rings. The van der Waals surface area contributed by atoms with Crippen LogP contribution in [0.4, 0.5) is 0 Å². The molecule has 0 spiro atoms. The van der Waals surface area contributed by atoms with E-state index < -0.39 is 0 Å². The Kier molecular flexibility index (Phi) is 5.71. The molecule has 3 heterocycles. The first-order valence-electron chi connectivity index (χ1n) is 9.64. The molecule has 0 unspecified atom stereocenters. The largest absolute Gasteiger partial charge is 0.269 e. The molecular weight excluding hydrogens is 384 g/mol. The van der Waals surface area contributed by atoms with Crippen molar-refractivity contribution in [3.8, 4) is 5.69 Å². The maximum atomic E-state index is 12.4. The predicted octanol–water partition coefficient (Wildman–Crippen LogP) is 3.61. The highest BCUT2D eigenvalue weighted by Gasteiger charge is 2.11. The predicted molar refractivity (Wildman–Crippen MR) is 114 cm³/mol. The molecule has 8 heteroatoms. The maximum absolute atomic E-state index is 12.4. The first kappa shape index (κ1) is 19.3. The monoisotopic (exact) mass is 406 g/mol. The van der Waals surface area contributed by atoms with Gasteiger partial charge in [-0.15, -0.1) is 5.10 Å². The van der Waals surface area contributed by atoms with Crippen molar-refractivity contribution in [3.05, 3.63) is 75.8 Å². The molecule has 1 aromatic carbocycles. The number of unbranched alkanes of at least 4 members (excludes halogenated alkanes) is 1. The molecule has 0 saturated carbocycles. The van der Waals surface area contributed by atoms with E-state index in [4.69, 9.17) is 0 Å². The van der Waals surface area contributed by atoms with Crippen LogP contribution in [-0.2, 0) is 12.2 Å². The molecule has 148 valence electrons. The van der Waals surface area contributed by atoms with E-state index in [1.807, 2.05) is 31.2 Å². The molecule has 0 amide bonds. The number of rotatable bonds is 7. The number of pyridine rings is 1. The summed E-state index contributed by atoms with van der Waals surface area (Å²) in [5.74, 6) is 0.509. The number of nitrogens with zero attached hydrogens (tertiary/aromatic N) is 6. The minimum Gasteiger partial charge on any atom is -0.269 e. The van der Waals surface area contributed by atoms with Crippen molar-refractivity contribution in [2.75, 3.05) is 0 Å². The summed E-state index contributed by atoms with van der Waals surface area (Å²) in [6, 6.07) is 13.7. The van der Waals surface area contributed by atoms with Gasteiger partial charge in [0.15, 0.2) is 0 Å². The number of hydrogen-bond donors (Lipinski definition) is 0. The lowest BCUT2D eigenvalue weighted by Gasteiger charge is -2.07. The Morgan fingerprint density at radius 2 is 1.97 bits per heavy atom. The van der Waals surface area contributed by atoms with Crippen LogP contribution in [0.1, 0.15) is 36.6 Å². The number of aryl methyl sites for hydroxylation is 2. The van der Waals surface area contributed by atoms with Gasteiger partial charge >= 0.3 is 0 Å². The summed E-state index contributed by atoms with van der Waals surface area (Å²) < 4.78 is 3.28. The normalized spacial score (nSPS) is 11.2.